The van der Waals surface area contributed by atoms with Gasteiger partial charge in [0.15, 0.2) is 0 Å². The number of fused-ring (bicyclic) bond motifs is 1. The van der Waals surface area contributed by atoms with Gasteiger partial charge in [0.2, 0.25) is 0 Å². The lowest BCUT2D eigenvalue weighted by Crippen LogP contribution is -2.29. The SMILES string of the molecule is CCCCN(C)C(=O)c1cc(N2c3ccccc3CC2C)ncn1. The second kappa shape index (κ2) is 6.99. The summed E-state index contributed by atoms with van der Waals surface area (Å²) in [6.07, 6.45) is 4.54. The van der Waals surface area contributed by atoms with Gasteiger partial charge in [0.25, 0.3) is 5.91 Å². The monoisotopic (exact) mass is 324 g/mol. The molecule has 0 radical (unpaired) electrons. The highest BCUT2D eigenvalue weighted by molar-refractivity contribution is 5.93. The van der Waals surface area contributed by atoms with Crippen molar-refractivity contribution >= 4 is 17.4 Å². The Morgan fingerprint density at radius 1 is 1.33 bits per heavy atom. The van der Waals surface area contributed by atoms with Crippen molar-refractivity contribution in [1.29, 1.82) is 0 Å². The molecule has 1 aliphatic heterocycles. The fourth-order valence-electron chi connectivity index (χ4n) is 3.20. The third kappa shape index (κ3) is 3.11. The topological polar surface area (TPSA) is 49.3 Å². The maximum Gasteiger partial charge on any atom is 0.272 e. The number of carbonyl (C=O) groups excluding carboxylic acids is 1. The van der Waals surface area contributed by atoms with Gasteiger partial charge in [-0.25, -0.2) is 9.97 Å². The molecule has 2 heterocycles. The molecule has 1 atom stereocenters. The molecule has 0 spiro atoms. The molecule has 1 amide bonds. The Morgan fingerprint density at radius 2 is 2.12 bits per heavy atom. The van der Waals surface area contributed by atoms with Gasteiger partial charge in [0.1, 0.15) is 17.8 Å². The quantitative estimate of drug-likeness (QED) is 0.845. The van der Waals surface area contributed by atoms with Gasteiger partial charge in [0.05, 0.1) is 0 Å². The van der Waals surface area contributed by atoms with Crippen molar-refractivity contribution < 1.29 is 4.79 Å². The highest BCUT2D eigenvalue weighted by atomic mass is 16.2. The van der Waals surface area contributed by atoms with Crippen molar-refractivity contribution in [3.8, 4) is 0 Å². The minimum absolute atomic E-state index is 0.0489. The molecule has 3 rings (SSSR count). The number of hydrogen-bond donors (Lipinski definition) is 0. The van der Waals surface area contributed by atoms with E-state index in [9.17, 15) is 4.79 Å². The highest BCUT2D eigenvalue weighted by Gasteiger charge is 2.28. The second-order valence-electron chi connectivity index (χ2n) is 6.39. The minimum Gasteiger partial charge on any atom is -0.340 e. The molecule has 126 valence electrons. The standard InChI is InChI=1S/C19H24N4O/c1-4-5-10-22(3)19(24)16-12-18(21-13-20-16)23-14(2)11-15-8-6-7-9-17(15)23/h6-9,12-14H,4-5,10-11H2,1-3H3. The zero-order valence-electron chi connectivity index (χ0n) is 14.6. The number of aromatic nitrogens is 2. The lowest BCUT2D eigenvalue weighted by atomic mass is 10.1. The Hall–Kier alpha value is -2.43. The fraction of sp³-hybridized carbons (Fsp3) is 0.421. The number of rotatable bonds is 5. The number of unbranched alkanes of at least 4 members (excludes halogenated alkanes) is 1. The second-order valence-corrected chi connectivity index (χ2v) is 6.39. The predicted molar refractivity (Wildman–Crippen MR) is 95.6 cm³/mol. The van der Waals surface area contributed by atoms with Gasteiger partial charge in [-0.05, 0) is 31.4 Å². The van der Waals surface area contributed by atoms with Gasteiger partial charge in [-0.3, -0.25) is 4.79 Å². The molecular formula is C19H24N4O. The van der Waals surface area contributed by atoms with Crippen LogP contribution in [0.4, 0.5) is 11.5 Å². The van der Waals surface area contributed by atoms with Crippen molar-refractivity contribution in [2.75, 3.05) is 18.5 Å². The number of amides is 1. The van der Waals surface area contributed by atoms with Gasteiger partial charge >= 0.3 is 0 Å². The van der Waals surface area contributed by atoms with E-state index < -0.39 is 0 Å². The molecule has 1 unspecified atom stereocenters. The maximum atomic E-state index is 12.6. The Bertz CT molecular complexity index is 731. The van der Waals surface area contributed by atoms with Gasteiger partial charge in [-0.15, -0.1) is 0 Å². The van der Waals surface area contributed by atoms with Gasteiger partial charge in [-0.2, -0.15) is 0 Å². The van der Waals surface area contributed by atoms with Crippen LogP contribution in [-0.4, -0.2) is 40.4 Å². The van der Waals surface area contributed by atoms with Gasteiger partial charge in [0, 0.05) is 31.4 Å². The van der Waals surface area contributed by atoms with Crippen LogP contribution in [0.3, 0.4) is 0 Å². The number of carbonyl (C=O) groups is 1. The summed E-state index contributed by atoms with van der Waals surface area (Å²) in [5, 5.41) is 0. The van der Waals surface area contributed by atoms with Crippen LogP contribution in [0.25, 0.3) is 0 Å². The molecular weight excluding hydrogens is 300 g/mol. The summed E-state index contributed by atoms with van der Waals surface area (Å²) in [7, 11) is 1.83. The first-order chi connectivity index (χ1) is 11.6. The Balaban J connectivity index is 1.87. The molecule has 0 saturated carbocycles. The molecule has 0 fully saturated rings. The largest absolute Gasteiger partial charge is 0.340 e. The first kappa shape index (κ1) is 16.4. The smallest absolute Gasteiger partial charge is 0.272 e. The summed E-state index contributed by atoms with van der Waals surface area (Å²) in [6.45, 7) is 5.04. The fourth-order valence-corrected chi connectivity index (χ4v) is 3.20. The van der Waals surface area contributed by atoms with E-state index in [-0.39, 0.29) is 5.91 Å². The first-order valence-corrected chi connectivity index (χ1v) is 8.56. The average Bonchev–Trinajstić information content (AvgIpc) is 2.94. The van der Waals surface area contributed by atoms with Crippen LogP contribution in [0.1, 0.15) is 42.7 Å². The zero-order chi connectivity index (χ0) is 17.1. The van der Waals surface area contributed by atoms with Crippen LogP contribution in [0.2, 0.25) is 0 Å². The van der Waals surface area contributed by atoms with Crippen LogP contribution >= 0.6 is 0 Å². The predicted octanol–water partition coefficient (Wildman–Crippen LogP) is 3.43. The van der Waals surface area contributed by atoms with Crippen LogP contribution in [0.15, 0.2) is 36.7 Å². The number of nitrogens with zero attached hydrogens (tertiary/aromatic N) is 4. The Morgan fingerprint density at radius 3 is 2.92 bits per heavy atom. The van der Waals surface area contributed by atoms with E-state index in [1.165, 1.54) is 17.6 Å². The molecule has 0 N–H and O–H groups in total. The third-order valence-electron chi connectivity index (χ3n) is 4.52. The van der Waals surface area contributed by atoms with Crippen molar-refractivity contribution in [3.63, 3.8) is 0 Å². The molecule has 2 aromatic rings. The molecule has 1 aromatic carbocycles. The van der Waals surface area contributed by atoms with Crippen LogP contribution < -0.4 is 4.90 Å². The van der Waals surface area contributed by atoms with Crippen LogP contribution in [-0.2, 0) is 6.42 Å². The third-order valence-corrected chi connectivity index (χ3v) is 4.52. The van der Waals surface area contributed by atoms with E-state index >= 15 is 0 Å². The Kier molecular flexibility index (Phi) is 4.79. The van der Waals surface area contributed by atoms with E-state index in [2.05, 4.69) is 46.9 Å². The van der Waals surface area contributed by atoms with Crippen LogP contribution in [0, 0.1) is 0 Å². The van der Waals surface area contributed by atoms with Crippen molar-refractivity contribution in [2.45, 2.75) is 39.2 Å². The molecule has 0 aliphatic carbocycles. The average molecular weight is 324 g/mol. The molecule has 24 heavy (non-hydrogen) atoms. The lowest BCUT2D eigenvalue weighted by Gasteiger charge is -2.24. The van der Waals surface area contributed by atoms with Crippen molar-refractivity contribution in [3.05, 3.63) is 47.9 Å². The van der Waals surface area contributed by atoms with E-state index in [1.54, 1.807) is 4.90 Å². The number of para-hydroxylation sites is 1. The summed E-state index contributed by atoms with van der Waals surface area (Å²) < 4.78 is 0. The van der Waals surface area contributed by atoms with Crippen molar-refractivity contribution in [2.24, 2.45) is 0 Å². The molecule has 5 nitrogen and oxygen atoms in total. The number of hydrogen-bond acceptors (Lipinski definition) is 4. The first-order valence-electron chi connectivity index (χ1n) is 8.56. The zero-order valence-corrected chi connectivity index (χ0v) is 14.6. The normalized spacial score (nSPS) is 16.1. The molecule has 1 aromatic heterocycles. The summed E-state index contributed by atoms with van der Waals surface area (Å²) in [5.41, 5.74) is 2.94. The molecule has 0 bridgehead atoms. The molecule has 1 aliphatic rings. The maximum absolute atomic E-state index is 12.6. The number of benzene rings is 1. The van der Waals surface area contributed by atoms with Gasteiger partial charge in [-0.1, -0.05) is 31.5 Å². The molecule has 0 saturated heterocycles. The van der Waals surface area contributed by atoms with Crippen molar-refractivity contribution in [1.82, 2.24) is 14.9 Å². The van der Waals surface area contributed by atoms with E-state index in [0.717, 1.165) is 31.6 Å². The summed E-state index contributed by atoms with van der Waals surface area (Å²) >= 11 is 0. The summed E-state index contributed by atoms with van der Waals surface area (Å²) in [6, 6.07) is 10.5. The van der Waals surface area contributed by atoms with E-state index in [1.807, 2.05) is 19.2 Å². The Labute approximate surface area is 143 Å². The van der Waals surface area contributed by atoms with Gasteiger partial charge < -0.3 is 9.80 Å². The number of anilines is 2. The van der Waals surface area contributed by atoms with Crippen LogP contribution in [0.5, 0.6) is 0 Å². The van der Waals surface area contributed by atoms with E-state index in [0.29, 0.717) is 11.7 Å². The molecule has 5 heteroatoms. The lowest BCUT2D eigenvalue weighted by molar-refractivity contribution is 0.0787. The summed E-state index contributed by atoms with van der Waals surface area (Å²) in [5.74, 6) is 0.738. The highest BCUT2D eigenvalue weighted by Crippen LogP contribution is 2.37. The summed E-state index contributed by atoms with van der Waals surface area (Å²) in [4.78, 5) is 25.1. The van der Waals surface area contributed by atoms with E-state index in [4.69, 9.17) is 0 Å². The minimum atomic E-state index is -0.0489.